The zero-order valence-corrected chi connectivity index (χ0v) is 15.0. The van der Waals surface area contributed by atoms with Crippen LogP contribution in [0.3, 0.4) is 0 Å². The van der Waals surface area contributed by atoms with Gasteiger partial charge in [0.2, 0.25) is 5.91 Å². The number of anilines is 1. The molecule has 1 amide bonds. The van der Waals surface area contributed by atoms with Crippen molar-refractivity contribution in [3.8, 4) is 11.3 Å². The number of benzene rings is 1. The quantitative estimate of drug-likeness (QED) is 0.919. The van der Waals surface area contributed by atoms with E-state index in [1.165, 1.54) is 16.9 Å². The van der Waals surface area contributed by atoms with Crippen molar-refractivity contribution in [2.75, 3.05) is 29.9 Å². The molecule has 1 atom stereocenters. The van der Waals surface area contributed by atoms with Gasteiger partial charge in [-0.3, -0.25) is 9.69 Å². The van der Waals surface area contributed by atoms with Crippen molar-refractivity contribution >= 4 is 34.1 Å². The molecule has 1 aromatic carbocycles. The fraction of sp³-hybridized carbons (Fsp3) is 0.412. The number of thioether (sulfide) groups is 1. The number of carbonyl (C=O) groups is 1. The number of aryl methyl sites for hydroxylation is 1. The first-order chi connectivity index (χ1) is 11.1. The van der Waals surface area contributed by atoms with E-state index < -0.39 is 0 Å². The molecule has 0 radical (unpaired) electrons. The maximum absolute atomic E-state index is 12.4. The first kappa shape index (κ1) is 16.5. The maximum Gasteiger partial charge on any atom is 0.243 e. The van der Waals surface area contributed by atoms with Crippen LogP contribution >= 0.6 is 23.1 Å². The number of rotatable bonds is 4. The molecule has 0 bridgehead atoms. The highest BCUT2D eigenvalue weighted by Crippen LogP contribution is 2.25. The highest BCUT2D eigenvalue weighted by Gasteiger charge is 2.23. The van der Waals surface area contributed by atoms with Crippen molar-refractivity contribution in [3.63, 3.8) is 0 Å². The van der Waals surface area contributed by atoms with Gasteiger partial charge in [0.25, 0.3) is 0 Å². The molecule has 0 spiro atoms. The summed E-state index contributed by atoms with van der Waals surface area (Å²) in [5.74, 6) is 2.24. The number of nitrogens with one attached hydrogen (secondary N) is 1. The second kappa shape index (κ2) is 7.47. The number of carbonyl (C=O) groups excluding carboxylic acids is 1. The van der Waals surface area contributed by atoms with Gasteiger partial charge in [0.05, 0.1) is 11.7 Å². The molecular weight excluding hydrogens is 326 g/mol. The molecule has 1 saturated heterocycles. The fourth-order valence-electron chi connectivity index (χ4n) is 2.53. The van der Waals surface area contributed by atoms with Crippen molar-refractivity contribution in [1.29, 1.82) is 0 Å². The predicted molar refractivity (Wildman–Crippen MR) is 99.3 cm³/mol. The van der Waals surface area contributed by atoms with Gasteiger partial charge in [0.15, 0.2) is 5.13 Å². The highest BCUT2D eigenvalue weighted by molar-refractivity contribution is 7.99. The standard InChI is InChI=1S/C17H21N3OS2/c1-12-3-5-14(6-4-12)15-11-23-17(18-15)19-16(21)13(2)20-7-9-22-10-8-20/h3-6,11,13H,7-10H2,1-2H3,(H,18,19,21). The molecule has 1 unspecified atom stereocenters. The summed E-state index contributed by atoms with van der Waals surface area (Å²) in [6, 6.07) is 8.16. The zero-order chi connectivity index (χ0) is 16.2. The minimum absolute atomic E-state index is 0.0294. The third-order valence-corrected chi connectivity index (χ3v) is 5.75. The average Bonchev–Trinajstić information content (AvgIpc) is 3.04. The summed E-state index contributed by atoms with van der Waals surface area (Å²) in [6.07, 6.45) is 0. The second-order valence-corrected chi connectivity index (χ2v) is 7.80. The minimum Gasteiger partial charge on any atom is -0.301 e. The lowest BCUT2D eigenvalue weighted by Crippen LogP contribution is -2.46. The summed E-state index contributed by atoms with van der Waals surface area (Å²) < 4.78 is 0. The van der Waals surface area contributed by atoms with Crippen LogP contribution in [0.5, 0.6) is 0 Å². The zero-order valence-electron chi connectivity index (χ0n) is 13.4. The molecule has 0 saturated carbocycles. The highest BCUT2D eigenvalue weighted by atomic mass is 32.2. The van der Waals surface area contributed by atoms with Crippen LogP contribution in [0.25, 0.3) is 11.3 Å². The van der Waals surface area contributed by atoms with Crippen LogP contribution in [0.2, 0.25) is 0 Å². The Labute approximate surface area is 145 Å². The summed E-state index contributed by atoms with van der Waals surface area (Å²) in [7, 11) is 0. The molecule has 2 aromatic rings. The van der Waals surface area contributed by atoms with Crippen molar-refractivity contribution in [1.82, 2.24) is 9.88 Å². The average molecular weight is 348 g/mol. The molecule has 1 fully saturated rings. The van der Waals surface area contributed by atoms with E-state index in [1.807, 2.05) is 24.1 Å². The second-order valence-electron chi connectivity index (χ2n) is 5.72. The number of hydrogen-bond acceptors (Lipinski definition) is 5. The van der Waals surface area contributed by atoms with Crippen molar-refractivity contribution < 1.29 is 4.79 Å². The van der Waals surface area contributed by atoms with Crippen LogP contribution in [0.4, 0.5) is 5.13 Å². The van der Waals surface area contributed by atoms with E-state index >= 15 is 0 Å². The van der Waals surface area contributed by atoms with E-state index in [0.29, 0.717) is 5.13 Å². The number of thiazole rings is 1. The lowest BCUT2D eigenvalue weighted by atomic mass is 10.1. The van der Waals surface area contributed by atoms with Crippen molar-refractivity contribution in [2.24, 2.45) is 0 Å². The number of amides is 1. The molecule has 4 nitrogen and oxygen atoms in total. The topological polar surface area (TPSA) is 45.2 Å². The smallest absolute Gasteiger partial charge is 0.243 e. The van der Waals surface area contributed by atoms with Gasteiger partial charge in [-0.1, -0.05) is 29.8 Å². The maximum atomic E-state index is 12.4. The lowest BCUT2D eigenvalue weighted by Gasteiger charge is -2.30. The van der Waals surface area contributed by atoms with Crippen LogP contribution in [-0.2, 0) is 4.79 Å². The van der Waals surface area contributed by atoms with Crippen molar-refractivity contribution in [2.45, 2.75) is 19.9 Å². The Hall–Kier alpha value is -1.37. The Morgan fingerprint density at radius 3 is 2.65 bits per heavy atom. The Morgan fingerprint density at radius 2 is 1.96 bits per heavy atom. The lowest BCUT2D eigenvalue weighted by molar-refractivity contribution is -0.120. The van der Waals surface area contributed by atoms with Gasteiger partial charge in [0, 0.05) is 35.5 Å². The molecule has 1 aliphatic heterocycles. The van der Waals surface area contributed by atoms with E-state index in [-0.39, 0.29) is 11.9 Å². The number of hydrogen-bond donors (Lipinski definition) is 1. The molecule has 0 aliphatic carbocycles. The van der Waals surface area contributed by atoms with Gasteiger partial charge in [0.1, 0.15) is 0 Å². The summed E-state index contributed by atoms with van der Waals surface area (Å²) in [5, 5.41) is 5.62. The van der Waals surface area contributed by atoms with Crippen LogP contribution in [0.15, 0.2) is 29.6 Å². The molecule has 122 valence electrons. The normalized spacial score (nSPS) is 17.0. The summed E-state index contributed by atoms with van der Waals surface area (Å²) in [6.45, 7) is 5.99. The van der Waals surface area contributed by atoms with E-state index in [2.05, 4.69) is 46.4 Å². The third kappa shape index (κ3) is 4.13. The molecule has 1 N–H and O–H groups in total. The van der Waals surface area contributed by atoms with E-state index in [0.717, 1.165) is 35.9 Å². The molecule has 1 aromatic heterocycles. The first-order valence-electron chi connectivity index (χ1n) is 7.79. The van der Waals surface area contributed by atoms with Gasteiger partial charge < -0.3 is 5.32 Å². The van der Waals surface area contributed by atoms with Gasteiger partial charge in [-0.05, 0) is 13.8 Å². The van der Waals surface area contributed by atoms with Crippen molar-refractivity contribution in [3.05, 3.63) is 35.2 Å². The molecule has 1 aliphatic rings. The molecule has 2 heterocycles. The Morgan fingerprint density at radius 1 is 1.26 bits per heavy atom. The molecule has 23 heavy (non-hydrogen) atoms. The van der Waals surface area contributed by atoms with Crippen LogP contribution in [0, 0.1) is 6.92 Å². The first-order valence-corrected chi connectivity index (χ1v) is 9.82. The number of nitrogens with zero attached hydrogens (tertiary/aromatic N) is 2. The fourth-order valence-corrected chi connectivity index (χ4v) is 4.18. The van der Waals surface area contributed by atoms with Gasteiger partial charge in [-0.2, -0.15) is 11.8 Å². The van der Waals surface area contributed by atoms with Gasteiger partial charge in [-0.15, -0.1) is 11.3 Å². The molecule has 3 rings (SSSR count). The monoisotopic (exact) mass is 347 g/mol. The Balaban J connectivity index is 1.64. The minimum atomic E-state index is -0.109. The largest absolute Gasteiger partial charge is 0.301 e. The van der Waals surface area contributed by atoms with E-state index in [9.17, 15) is 4.79 Å². The van der Waals surface area contributed by atoms with Gasteiger partial charge in [-0.25, -0.2) is 4.98 Å². The SMILES string of the molecule is Cc1ccc(-c2csc(NC(=O)C(C)N3CCSCC3)n2)cc1. The molecule has 6 heteroatoms. The van der Waals surface area contributed by atoms with Gasteiger partial charge >= 0.3 is 0 Å². The van der Waals surface area contributed by atoms with E-state index in [4.69, 9.17) is 0 Å². The summed E-state index contributed by atoms with van der Waals surface area (Å²) in [4.78, 5) is 19.2. The predicted octanol–water partition coefficient (Wildman–Crippen LogP) is 3.49. The Kier molecular flexibility index (Phi) is 5.35. The number of aromatic nitrogens is 1. The van der Waals surface area contributed by atoms with Crippen LogP contribution in [-0.4, -0.2) is 46.4 Å². The third-order valence-electron chi connectivity index (χ3n) is 4.05. The Bertz CT molecular complexity index is 663. The summed E-state index contributed by atoms with van der Waals surface area (Å²) >= 11 is 3.43. The van der Waals surface area contributed by atoms with E-state index in [1.54, 1.807) is 0 Å². The van der Waals surface area contributed by atoms with Crippen LogP contribution < -0.4 is 5.32 Å². The molecular formula is C17H21N3OS2. The van der Waals surface area contributed by atoms with Crippen LogP contribution in [0.1, 0.15) is 12.5 Å². The summed E-state index contributed by atoms with van der Waals surface area (Å²) in [5.41, 5.74) is 3.21.